The molecule has 2 heteroatoms. The van der Waals surface area contributed by atoms with Crippen LogP contribution in [-0.4, -0.2) is 0 Å². The summed E-state index contributed by atoms with van der Waals surface area (Å²) in [5.41, 5.74) is 5.08. The molecule has 0 amide bonds. The Labute approximate surface area is 165 Å². The zero-order valence-electron chi connectivity index (χ0n) is 15.0. The highest BCUT2D eigenvalue weighted by Crippen LogP contribution is 2.14. The van der Waals surface area contributed by atoms with Gasteiger partial charge in [-0.05, 0) is 66.3 Å². The minimum absolute atomic E-state index is 0.350. The molecular weight excluding hydrogens is 355 g/mol. The molecule has 3 aromatic carbocycles. The fourth-order valence-electron chi connectivity index (χ4n) is 2.78. The number of halogens is 2. The van der Waals surface area contributed by atoms with Crippen molar-refractivity contribution in [3.8, 4) is 11.8 Å². The van der Waals surface area contributed by atoms with Gasteiger partial charge in [-0.2, -0.15) is 0 Å². The third kappa shape index (κ3) is 5.58. The standard InChI is InChI=1S/C25H20ClF/c1-2-3-19-4-6-20(7-5-19)8-9-21-10-12-22(13-11-21)14-15-23-16-17-24(26)18-25(23)27/h2,4-7,10-13,16-18H,1,3,8-9H2. The molecule has 0 aliphatic carbocycles. The predicted molar refractivity (Wildman–Crippen MR) is 112 cm³/mol. The van der Waals surface area contributed by atoms with E-state index in [1.807, 2.05) is 18.2 Å². The normalized spacial score (nSPS) is 10.1. The molecule has 0 bridgehead atoms. The van der Waals surface area contributed by atoms with Crippen LogP contribution in [0.5, 0.6) is 0 Å². The molecule has 0 radical (unpaired) electrons. The van der Waals surface area contributed by atoms with Crippen molar-refractivity contribution in [2.45, 2.75) is 19.3 Å². The van der Waals surface area contributed by atoms with Gasteiger partial charge in [-0.1, -0.05) is 65.9 Å². The summed E-state index contributed by atoms with van der Waals surface area (Å²) in [5.74, 6) is 5.46. The Kier molecular flexibility index (Phi) is 6.47. The molecule has 0 unspecified atom stereocenters. The second-order valence-corrected chi connectivity index (χ2v) is 6.82. The van der Waals surface area contributed by atoms with Crippen molar-refractivity contribution in [3.63, 3.8) is 0 Å². The van der Waals surface area contributed by atoms with Crippen LogP contribution in [0.25, 0.3) is 0 Å². The highest BCUT2D eigenvalue weighted by atomic mass is 35.5. The van der Waals surface area contributed by atoms with Crippen LogP contribution in [0.15, 0.2) is 79.4 Å². The number of allylic oxidation sites excluding steroid dienone is 1. The lowest BCUT2D eigenvalue weighted by molar-refractivity contribution is 0.624. The van der Waals surface area contributed by atoms with E-state index in [0.29, 0.717) is 10.6 Å². The molecular formula is C25H20ClF. The molecule has 0 saturated carbocycles. The van der Waals surface area contributed by atoms with Gasteiger partial charge in [-0.25, -0.2) is 4.39 Å². The van der Waals surface area contributed by atoms with Crippen molar-refractivity contribution in [2.24, 2.45) is 0 Å². The average molecular weight is 375 g/mol. The Morgan fingerprint density at radius 2 is 1.41 bits per heavy atom. The molecule has 134 valence electrons. The first-order valence-electron chi connectivity index (χ1n) is 8.89. The molecule has 0 fully saturated rings. The summed E-state index contributed by atoms with van der Waals surface area (Å²) in [6, 6.07) is 21.3. The first-order chi connectivity index (χ1) is 13.1. The fraction of sp³-hybridized carbons (Fsp3) is 0.120. The van der Waals surface area contributed by atoms with E-state index in [9.17, 15) is 4.39 Å². The molecule has 27 heavy (non-hydrogen) atoms. The van der Waals surface area contributed by atoms with Gasteiger partial charge in [0.15, 0.2) is 0 Å². The smallest absolute Gasteiger partial charge is 0.140 e. The highest BCUT2D eigenvalue weighted by molar-refractivity contribution is 6.30. The third-order valence-corrected chi connectivity index (χ3v) is 4.57. The van der Waals surface area contributed by atoms with Crippen LogP contribution in [0.3, 0.4) is 0 Å². The Bertz CT molecular complexity index is 974. The van der Waals surface area contributed by atoms with E-state index in [0.717, 1.165) is 24.8 Å². The molecule has 0 nitrogen and oxygen atoms in total. The molecule has 0 saturated heterocycles. The second-order valence-electron chi connectivity index (χ2n) is 6.38. The average Bonchev–Trinajstić information content (AvgIpc) is 2.68. The van der Waals surface area contributed by atoms with Gasteiger partial charge >= 0.3 is 0 Å². The first kappa shape index (κ1) is 19.0. The molecule has 3 rings (SSSR count). The zero-order chi connectivity index (χ0) is 19.1. The van der Waals surface area contributed by atoms with Crippen LogP contribution < -0.4 is 0 Å². The van der Waals surface area contributed by atoms with Crippen LogP contribution in [0.4, 0.5) is 4.39 Å². The minimum Gasteiger partial charge on any atom is -0.206 e. The van der Waals surface area contributed by atoms with E-state index in [-0.39, 0.29) is 0 Å². The minimum atomic E-state index is -0.397. The van der Waals surface area contributed by atoms with Crippen molar-refractivity contribution in [3.05, 3.63) is 118 Å². The highest BCUT2D eigenvalue weighted by Gasteiger charge is 2.00. The van der Waals surface area contributed by atoms with Crippen LogP contribution in [0, 0.1) is 17.7 Å². The molecule has 3 aromatic rings. The van der Waals surface area contributed by atoms with E-state index in [2.05, 4.69) is 54.8 Å². The fourth-order valence-corrected chi connectivity index (χ4v) is 2.94. The molecule has 0 aliphatic rings. The van der Waals surface area contributed by atoms with E-state index in [1.165, 1.54) is 22.8 Å². The van der Waals surface area contributed by atoms with Crippen molar-refractivity contribution in [1.29, 1.82) is 0 Å². The summed E-state index contributed by atoms with van der Waals surface area (Å²) < 4.78 is 13.8. The summed E-state index contributed by atoms with van der Waals surface area (Å²) in [6.45, 7) is 3.77. The van der Waals surface area contributed by atoms with Gasteiger partial charge in [-0.15, -0.1) is 6.58 Å². The Morgan fingerprint density at radius 1 is 0.815 bits per heavy atom. The van der Waals surface area contributed by atoms with Crippen molar-refractivity contribution >= 4 is 11.6 Å². The Balaban J connectivity index is 1.60. The maximum Gasteiger partial charge on any atom is 0.140 e. The zero-order valence-corrected chi connectivity index (χ0v) is 15.8. The van der Waals surface area contributed by atoms with E-state index in [4.69, 9.17) is 11.6 Å². The monoisotopic (exact) mass is 374 g/mol. The molecule has 0 atom stereocenters. The number of hydrogen-bond acceptors (Lipinski definition) is 0. The SMILES string of the molecule is C=CCc1ccc(CCc2ccc(C#Cc3ccc(Cl)cc3F)cc2)cc1. The largest absolute Gasteiger partial charge is 0.206 e. The van der Waals surface area contributed by atoms with Crippen LogP contribution in [-0.2, 0) is 19.3 Å². The lowest BCUT2D eigenvalue weighted by Crippen LogP contribution is -1.92. The number of rotatable bonds is 5. The molecule has 0 aromatic heterocycles. The van der Waals surface area contributed by atoms with Crippen LogP contribution in [0.2, 0.25) is 5.02 Å². The van der Waals surface area contributed by atoms with Crippen LogP contribution >= 0.6 is 11.6 Å². The lowest BCUT2D eigenvalue weighted by Gasteiger charge is -2.04. The summed E-state index contributed by atoms with van der Waals surface area (Å²) in [7, 11) is 0. The van der Waals surface area contributed by atoms with Gasteiger partial charge in [-0.3, -0.25) is 0 Å². The molecule has 0 spiro atoms. The lowest BCUT2D eigenvalue weighted by atomic mass is 10.0. The van der Waals surface area contributed by atoms with Gasteiger partial charge in [0.05, 0.1) is 5.56 Å². The summed E-state index contributed by atoms with van der Waals surface area (Å²) in [6.07, 6.45) is 4.79. The Hall–Kier alpha value is -2.82. The van der Waals surface area contributed by atoms with E-state index < -0.39 is 5.82 Å². The molecule has 0 N–H and O–H groups in total. The predicted octanol–water partition coefficient (Wildman–Crippen LogP) is 6.39. The molecule has 0 aliphatic heterocycles. The second kappa shape index (κ2) is 9.21. The van der Waals surface area contributed by atoms with Gasteiger partial charge < -0.3 is 0 Å². The number of benzene rings is 3. The van der Waals surface area contributed by atoms with Crippen molar-refractivity contribution < 1.29 is 4.39 Å². The van der Waals surface area contributed by atoms with Gasteiger partial charge in [0, 0.05) is 10.6 Å². The van der Waals surface area contributed by atoms with E-state index >= 15 is 0 Å². The van der Waals surface area contributed by atoms with Gasteiger partial charge in [0.25, 0.3) is 0 Å². The quantitative estimate of drug-likeness (QED) is 0.358. The maximum atomic E-state index is 13.8. The van der Waals surface area contributed by atoms with Crippen molar-refractivity contribution in [2.75, 3.05) is 0 Å². The molecule has 0 heterocycles. The number of hydrogen-bond donors (Lipinski definition) is 0. The summed E-state index contributed by atoms with van der Waals surface area (Å²) in [5, 5.41) is 0.373. The van der Waals surface area contributed by atoms with E-state index in [1.54, 1.807) is 12.1 Å². The topological polar surface area (TPSA) is 0 Å². The Morgan fingerprint density at radius 3 is 2.00 bits per heavy atom. The first-order valence-corrected chi connectivity index (χ1v) is 9.26. The summed E-state index contributed by atoms with van der Waals surface area (Å²) >= 11 is 5.76. The summed E-state index contributed by atoms with van der Waals surface area (Å²) in [4.78, 5) is 0. The van der Waals surface area contributed by atoms with Crippen molar-refractivity contribution in [1.82, 2.24) is 0 Å². The third-order valence-electron chi connectivity index (χ3n) is 4.33. The van der Waals surface area contributed by atoms with Gasteiger partial charge in [0.2, 0.25) is 0 Å². The van der Waals surface area contributed by atoms with Crippen LogP contribution in [0.1, 0.15) is 27.8 Å². The number of aryl methyl sites for hydroxylation is 2. The van der Waals surface area contributed by atoms with Gasteiger partial charge in [0.1, 0.15) is 5.82 Å². The maximum absolute atomic E-state index is 13.8.